The molecule has 0 aliphatic carbocycles. The number of nitrogens with one attached hydrogen (secondary N) is 1. The summed E-state index contributed by atoms with van der Waals surface area (Å²) in [7, 11) is -3.75. The molecule has 10 heteroatoms. The molecule has 0 aliphatic rings. The number of hydrogen-bond donors (Lipinski definition) is 2. The number of halogens is 1. The summed E-state index contributed by atoms with van der Waals surface area (Å²) in [5, 5.41) is 12.5. The van der Waals surface area contributed by atoms with E-state index in [0.717, 1.165) is 27.3 Å². The molecule has 1 atom stereocenters. The Bertz CT molecular complexity index is 1290. The number of carbonyl (C=O) groups excluding carboxylic acids is 2. The van der Waals surface area contributed by atoms with Crippen molar-refractivity contribution in [3.63, 3.8) is 0 Å². The minimum Gasteiger partial charge on any atom is -0.395 e. The van der Waals surface area contributed by atoms with E-state index in [1.807, 2.05) is 36.4 Å². The molecule has 0 fully saturated rings. The standard InChI is InChI=1S/C28H32ClN3O5S/c1-38(36,37)31(19-23-10-6-3-7-11-23)21-27(34)32(20-24-12-14-25(29)15-13-24)26(28(35)30-16-17-33)18-22-8-4-2-5-9-22/h2-15,26,33H,16-21H2,1H3,(H,30,35)/t26-/m0/s1. The first-order valence-electron chi connectivity index (χ1n) is 12.1. The number of hydrogen-bond acceptors (Lipinski definition) is 5. The van der Waals surface area contributed by atoms with Gasteiger partial charge in [0.05, 0.1) is 19.4 Å². The third-order valence-electron chi connectivity index (χ3n) is 5.93. The molecule has 8 nitrogen and oxygen atoms in total. The molecule has 3 aromatic carbocycles. The van der Waals surface area contributed by atoms with E-state index >= 15 is 0 Å². The maximum atomic E-state index is 13.8. The van der Waals surface area contributed by atoms with Gasteiger partial charge >= 0.3 is 0 Å². The summed E-state index contributed by atoms with van der Waals surface area (Å²) >= 11 is 6.04. The van der Waals surface area contributed by atoms with E-state index in [-0.39, 0.29) is 32.7 Å². The summed E-state index contributed by atoms with van der Waals surface area (Å²) in [6.45, 7) is -0.604. The van der Waals surface area contributed by atoms with Crippen molar-refractivity contribution in [3.8, 4) is 0 Å². The molecule has 202 valence electrons. The predicted molar refractivity (Wildman–Crippen MR) is 148 cm³/mol. The Hall–Kier alpha value is -3.24. The fourth-order valence-corrected chi connectivity index (χ4v) is 4.81. The van der Waals surface area contributed by atoms with Gasteiger partial charge < -0.3 is 15.3 Å². The van der Waals surface area contributed by atoms with Gasteiger partial charge in [0.15, 0.2) is 0 Å². The van der Waals surface area contributed by atoms with Crippen molar-refractivity contribution >= 4 is 33.4 Å². The minimum atomic E-state index is -3.75. The fourth-order valence-electron chi connectivity index (χ4n) is 3.96. The first-order chi connectivity index (χ1) is 18.2. The second-order valence-electron chi connectivity index (χ2n) is 8.88. The molecule has 0 bridgehead atoms. The molecule has 0 saturated carbocycles. The molecule has 2 N–H and O–H groups in total. The molecule has 0 radical (unpaired) electrons. The lowest BCUT2D eigenvalue weighted by Gasteiger charge is -2.33. The van der Waals surface area contributed by atoms with E-state index in [0.29, 0.717) is 5.02 Å². The van der Waals surface area contributed by atoms with Crippen molar-refractivity contribution in [2.24, 2.45) is 0 Å². The van der Waals surface area contributed by atoms with Crippen LogP contribution in [-0.4, -0.2) is 66.5 Å². The van der Waals surface area contributed by atoms with Crippen LogP contribution in [0.4, 0.5) is 0 Å². The number of sulfonamides is 1. The smallest absolute Gasteiger partial charge is 0.243 e. The predicted octanol–water partition coefficient (Wildman–Crippen LogP) is 2.85. The summed E-state index contributed by atoms with van der Waals surface area (Å²) in [5.74, 6) is -0.972. The van der Waals surface area contributed by atoms with Gasteiger partial charge in [-0.2, -0.15) is 4.31 Å². The number of aliphatic hydroxyl groups excluding tert-OH is 1. The maximum Gasteiger partial charge on any atom is 0.243 e. The zero-order chi connectivity index (χ0) is 27.5. The molecule has 0 heterocycles. The van der Waals surface area contributed by atoms with E-state index in [1.165, 1.54) is 4.90 Å². The Morgan fingerprint density at radius 1 is 0.868 bits per heavy atom. The Morgan fingerprint density at radius 3 is 1.97 bits per heavy atom. The highest BCUT2D eigenvalue weighted by Crippen LogP contribution is 2.18. The van der Waals surface area contributed by atoms with Crippen LogP contribution in [0.1, 0.15) is 16.7 Å². The minimum absolute atomic E-state index is 0.0141. The lowest BCUT2D eigenvalue weighted by Crippen LogP contribution is -2.53. The molecule has 0 aliphatic heterocycles. The largest absolute Gasteiger partial charge is 0.395 e. The number of benzene rings is 3. The monoisotopic (exact) mass is 557 g/mol. The summed E-state index contributed by atoms with van der Waals surface area (Å²) in [4.78, 5) is 28.5. The lowest BCUT2D eigenvalue weighted by atomic mass is 10.0. The van der Waals surface area contributed by atoms with Gasteiger partial charge in [-0.1, -0.05) is 84.4 Å². The van der Waals surface area contributed by atoms with Crippen LogP contribution < -0.4 is 5.32 Å². The highest BCUT2D eigenvalue weighted by Gasteiger charge is 2.32. The van der Waals surface area contributed by atoms with Crippen LogP contribution in [0.15, 0.2) is 84.9 Å². The molecule has 38 heavy (non-hydrogen) atoms. The Labute approximate surface area is 228 Å². The van der Waals surface area contributed by atoms with Crippen molar-refractivity contribution in [1.82, 2.24) is 14.5 Å². The van der Waals surface area contributed by atoms with Gasteiger partial charge in [0.2, 0.25) is 21.8 Å². The molecule has 0 unspecified atom stereocenters. The third kappa shape index (κ3) is 8.95. The van der Waals surface area contributed by atoms with E-state index in [4.69, 9.17) is 11.6 Å². The van der Waals surface area contributed by atoms with E-state index in [9.17, 15) is 23.1 Å². The number of aliphatic hydroxyl groups is 1. The van der Waals surface area contributed by atoms with Gasteiger partial charge in [0, 0.05) is 31.1 Å². The van der Waals surface area contributed by atoms with E-state index in [1.54, 1.807) is 48.5 Å². The Balaban J connectivity index is 1.97. The van der Waals surface area contributed by atoms with Gasteiger partial charge in [-0.15, -0.1) is 0 Å². The zero-order valence-electron chi connectivity index (χ0n) is 21.2. The van der Waals surface area contributed by atoms with Crippen molar-refractivity contribution in [3.05, 3.63) is 107 Å². The van der Waals surface area contributed by atoms with Crippen LogP contribution in [0.5, 0.6) is 0 Å². The fraction of sp³-hybridized carbons (Fsp3) is 0.286. The molecule has 0 saturated heterocycles. The summed E-state index contributed by atoms with van der Waals surface area (Å²) < 4.78 is 26.4. The van der Waals surface area contributed by atoms with Crippen LogP contribution >= 0.6 is 11.6 Å². The van der Waals surface area contributed by atoms with Gasteiger partial charge in [-0.05, 0) is 28.8 Å². The lowest BCUT2D eigenvalue weighted by molar-refractivity contribution is -0.141. The quantitative estimate of drug-likeness (QED) is 0.336. The maximum absolute atomic E-state index is 13.8. The first kappa shape index (κ1) is 29.3. The van der Waals surface area contributed by atoms with Crippen LogP contribution in [0, 0.1) is 0 Å². The molecule has 3 aromatic rings. The van der Waals surface area contributed by atoms with Gasteiger partial charge in [-0.3, -0.25) is 9.59 Å². The van der Waals surface area contributed by atoms with Gasteiger partial charge in [0.25, 0.3) is 0 Å². The van der Waals surface area contributed by atoms with Gasteiger partial charge in [0.1, 0.15) is 6.04 Å². The normalized spacial score (nSPS) is 12.2. The Morgan fingerprint density at radius 2 is 1.42 bits per heavy atom. The average Bonchev–Trinajstić information content (AvgIpc) is 2.90. The SMILES string of the molecule is CS(=O)(=O)N(CC(=O)N(Cc1ccc(Cl)cc1)[C@@H](Cc1ccccc1)C(=O)NCCO)Cc1ccccc1. The van der Waals surface area contributed by atoms with Crippen molar-refractivity contribution < 1.29 is 23.1 Å². The average molecular weight is 558 g/mol. The molecule has 2 amide bonds. The second kappa shape index (κ2) is 14.1. The molecule has 0 aromatic heterocycles. The third-order valence-corrected chi connectivity index (χ3v) is 7.38. The van der Waals surface area contributed by atoms with Crippen LogP contribution in [-0.2, 0) is 39.1 Å². The van der Waals surface area contributed by atoms with Gasteiger partial charge in [-0.25, -0.2) is 8.42 Å². The van der Waals surface area contributed by atoms with Crippen molar-refractivity contribution in [1.29, 1.82) is 0 Å². The number of amides is 2. The summed E-state index contributed by atoms with van der Waals surface area (Å²) in [5.41, 5.74) is 2.29. The van der Waals surface area contributed by atoms with Crippen LogP contribution in [0.2, 0.25) is 5.02 Å². The number of carbonyl (C=O) groups is 2. The van der Waals surface area contributed by atoms with Crippen molar-refractivity contribution in [2.45, 2.75) is 25.6 Å². The Kier molecular flexibility index (Phi) is 10.8. The highest BCUT2D eigenvalue weighted by molar-refractivity contribution is 7.88. The first-order valence-corrected chi connectivity index (χ1v) is 14.4. The topological polar surface area (TPSA) is 107 Å². The second-order valence-corrected chi connectivity index (χ2v) is 11.3. The van der Waals surface area contributed by atoms with E-state index < -0.39 is 34.4 Å². The molecule has 3 rings (SSSR count). The molecular weight excluding hydrogens is 526 g/mol. The summed E-state index contributed by atoms with van der Waals surface area (Å²) in [6, 6.07) is 24.2. The number of rotatable bonds is 13. The van der Waals surface area contributed by atoms with Crippen LogP contribution in [0.3, 0.4) is 0 Å². The zero-order valence-corrected chi connectivity index (χ0v) is 22.7. The van der Waals surface area contributed by atoms with Crippen molar-refractivity contribution in [2.75, 3.05) is 26.0 Å². The molecular formula is C28H32ClN3O5S. The summed E-state index contributed by atoms with van der Waals surface area (Å²) in [6.07, 6.45) is 1.26. The van der Waals surface area contributed by atoms with E-state index in [2.05, 4.69) is 5.32 Å². The molecule has 0 spiro atoms. The number of nitrogens with zero attached hydrogens (tertiary/aromatic N) is 2. The van der Waals surface area contributed by atoms with Crippen LogP contribution in [0.25, 0.3) is 0 Å². The highest BCUT2D eigenvalue weighted by atomic mass is 35.5.